The summed E-state index contributed by atoms with van der Waals surface area (Å²) >= 11 is 5.98. The van der Waals surface area contributed by atoms with Crippen LogP contribution in [0.4, 0.5) is 10.1 Å². The lowest BCUT2D eigenvalue weighted by Gasteiger charge is -2.05. The molecule has 0 saturated heterocycles. The van der Waals surface area contributed by atoms with Crippen LogP contribution in [0.1, 0.15) is 10.6 Å². The van der Waals surface area contributed by atoms with E-state index in [-0.39, 0.29) is 5.76 Å². The number of nitrogens with one attached hydrogen (secondary N) is 1. The Bertz CT molecular complexity index is 829. The molecule has 5 heteroatoms. The van der Waals surface area contributed by atoms with Crippen molar-refractivity contribution < 1.29 is 13.6 Å². The number of furan rings is 1. The average molecular weight is 316 g/mol. The van der Waals surface area contributed by atoms with Crippen LogP contribution in [0.25, 0.3) is 11.3 Å². The number of halogens is 2. The molecular formula is C17H11ClFNO2. The lowest BCUT2D eigenvalue weighted by molar-refractivity contribution is 0.0997. The van der Waals surface area contributed by atoms with Crippen molar-refractivity contribution in [3.63, 3.8) is 0 Å². The summed E-state index contributed by atoms with van der Waals surface area (Å²) in [5, 5.41) is 3.08. The topological polar surface area (TPSA) is 42.2 Å². The van der Waals surface area contributed by atoms with E-state index in [1.54, 1.807) is 48.5 Å². The molecule has 0 unspecified atom stereocenters. The van der Waals surface area contributed by atoms with Crippen LogP contribution in [0.2, 0.25) is 5.02 Å². The molecule has 2 aromatic carbocycles. The maximum atomic E-state index is 13.7. The number of hydrogen-bond donors (Lipinski definition) is 1. The van der Waals surface area contributed by atoms with Crippen LogP contribution < -0.4 is 5.32 Å². The molecule has 0 radical (unpaired) electrons. The smallest absolute Gasteiger partial charge is 0.291 e. The van der Waals surface area contributed by atoms with E-state index in [4.69, 9.17) is 16.0 Å². The summed E-state index contributed by atoms with van der Waals surface area (Å²) < 4.78 is 19.1. The summed E-state index contributed by atoms with van der Waals surface area (Å²) in [5.41, 5.74) is 0.789. The quantitative estimate of drug-likeness (QED) is 0.739. The van der Waals surface area contributed by atoms with E-state index in [9.17, 15) is 9.18 Å². The van der Waals surface area contributed by atoms with Gasteiger partial charge in [-0.1, -0.05) is 35.9 Å². The largest absolute Gasteiger partial charge is 0.451 e. The monoisotopic (exact) mass is 315 g/mol. The van der Waals surface area contributed by atoms with Crippen molar-refractivity contribution in [3.8, 4) is 11.3 Å². The zero-order valence-corrected chi connectivity index (χ0v) is 12.1. The number of amides is 1. The van der Waals surface area contributed by atoms with Crippen molar-refractivity contribution in [3.05, 3.63) is 77.3 Å². The molecule has 0 saturated carbocycles. The highest BCUT2D eigenvalue weighted by molar-refractivity contribution is 6.33. The van der Waals surface area contributed by atoms with Gasteiger partial charge in [-0.2, -0.15) is 0 Å². The Labute approximate surface area is 131 Å². The molecule has 0 atom stereocenters. The first kappa shape index (κ1) is 14.4. The number of benzene rings is 2. The summed E-state index contributed by atoms with van der Waals surface area (Å²) in [6.45, 7) is 0. The molecule has 110 valence electrons. The van der Waals surface area contributed by atoms with Crippen LogP contribution in [0.5, 0.6) is 0 Å². The van der Waals surface area contributed by atoms with Gasteiger partial charge in [0.1, 0.15) is 11.6 Å². The predicted octanol–water partition coefficient (Wildman–Crippen LogP) is 4.99. The lowest BCUT2D eigenvalue weighted by atomic mass is 10.1. The van der Waals surface area contributed by atoms with Gasteiger partial charge in [0.15, 0.2) is 5.76 Å². The van der Waals surface area contributed by atoms with Crippen molar-refractivity contribution >= 4 is 23.2 Å². The normalized spacial score (nSPS) is 10.5. The van der Waals surface area contributed by atoms with Crippen LogP contribution >= 0.6 is 11.6 Å². The number of rotatable bonds is 3. The zero-order valence-electron chi connectivity index (χ0n) is 11.3. The summed E-state index contributed by atoms with van der Waals surface area (Å²) in [6, 6.07) is 16.1. The highest BCUT2D eigenvalue weighted by atomic mass is 35.5. The minimum atomic E-state index is -0.448. The Kier molecular flexibility index (Phi) is 3.94. The highest BCUT2D eigenvalue weighted by Gasteiger charge is 2.15. The maximum Gasteiger partial charge on any atom is 0.291 e. The first-order valence-corrected chi connectivity index (χ1v) is 6.93. The Morgan fingerprint density at radius 3 is 2.50 bits per heavy atom. The van der Waals surface area contributed by atoms with Gasteiger partial charge in [-0.05, 0) is 36.4 Å². The summed E-state index contributed by atoms with van der Waals surface area (Å²) in [7, 11) is 0. The van der Waals surface area contributed by atoms with Gasteiger partial charge < -0.3 is 9.73 Å². The van der Waals surface area contributed by atoms with Crippen LogP contribution in [-0.2, 0) is 0 Å². The lowest BCUT2D eigenvalue weighted by Crippen LogP contribution is -2.11. The van der Waals surface area contributed by atoms with Crippen LogP contribution in [0, 0.1) is 5.82 Å². The van der Waals surface area contributed by atoms with Gasteiger partial charge in [-0.15, -0.1) is 0 Å². The Morgan fingerprint density at radius 1 is 1.00 bits per heavy atom. The number of hydrogen-bond acceptors (Lipinski definition) is 2. The summed E-state index contributed by atoms with van der Waals surface area (Å²) in [4.78, 5) is 12.1. The molecule has 1 amide bonds. The molecule has 3 nitrogen and oxygen atoms in total. The molecule has 0 fully saturated rings. The predicted molar refractivity (Wildman–Crippen MR) is 83.5 cm³/mol. The minimum Gasteiger partial charge on any atom is -0.451 e. The Hall–Kier alpha value is -2.59. The van der Waals surface area contributed by atoms with Gasteiger partial charge in [-0.3, -0.25) is 4.79 Å². The van der Waals surface area contributed by atoms with Crippen LogP contribution in [0.15, 0.2) is 65.1 Å². The van der Waals surface area contributed by atoms with Crippen molar-refractivity contribution in [1.82, 2.24) is 0 Å². The third-order valence-corrected chi connectivity index (χ3v) is 3.42. The highest BCUT2D eigenvalue weighted by Crippen LogP contribution is 2.26. The second kappa shape index (κ2) is 6.03. The van der Waals surface area contributed by atoms with E-state index in [2.05, 4.69) is 5.32 Å². The van der Waals surface area contributed by atoms with Crippen molar-refractivity contribution in [2.75, 3.05) is 5.32 Å². The third-order valence-electron chi connectivity index (χ3n) is 3.09. The number of carbonyl (C=O) groups excluding carboxylic acids is 1. The molecule has 3 rings (SSSR count). The van der Waals surface area contributed by atoms with E-state index < -0.39 is 11.7 Å². The first-order valence-electron chi connectivity index (χ1n) is 6.56. The molecule has 0 aliphatic heterocycles. The number of carbonyl (C=O) groups is 1. The fraction of sp³-hybridized carbons (Fsp3) is 0. The molecular weight excluding hydrogens is 305 g/mol. The summed E-state index contributed by atoms with van der Waals surface area (Å²) in [6.07, 6.45) is 0. The fourth-order valence-corrected chi connectivity index (χ4v) is 2.20. The van der Waals surface area contributed by atoms with Gasteiger partial charge in [0.2, 0.25) is 0 Å². The molecule has 0 spiro atoms. The Morgan fingerprint density at radius 2 is 1.73 bits per heavy atom. The summed E-state index contributed by atoms with van der Waals surface area (Å²) in [5.74, 6) is -0.480. The van der Waals surface area contributed by atoms with Crippen molar-refractivity contribution in [1.29, 1.82) is 0 Å². The molecule has 0 aliphatic carbocycles. The molecule has 0 aliphatic rings. The third kappa shape index (κ3) is 2.87. The fourth-order valence-electron chi connectivity index (χ4n) is 2.01. The van der Waals surface area contributed by atoms with Crippen molar-refractivity contribution in [2.45, 2.75) is 0 Å². The van der Waals surface area contributed by atoms with Gasteiger partial charge in [0.25, 0.3) is 5.91 Å². The molecule has 3 aromatic rings. The molecule has 1 aromatic heterocycles. The molecule has 22 heavy (non-hydrogen) atoms. The minimum absolute atomic E-state index is 0.0816. The first-order chi connectivity index (χ1) is 10.6. The molecule has 1 N–H and O–H groups in total. The van der Waals surface area contributed by atoms with Gasteiger partial charge in [0.05, 0.1) is 16.3 Å². The van der Waals surface area contributed by atoms with Crippen LogP contribution in [0.3, 0.4) is 0 Å². The zero-order chi connectivity index (χ0) is 15.5. The van der Waals surface area contributed by atoms with E-state index in [0.717, 1.165) is 0 Å². The molecule has 0 bridgehead atoms. The van der Waals surface area contributed by atoms with Crippen LogP contribution in [-0.4, -0.2) is 5.91 Å². The van der Waals surface area contributed by atoms with E-state index >= 15 is 0 Å². The van der Waals surface area contributed by atoms with E-state index in [1.807, 2.05) is 0 Å². The van der Waals surface area contributed by atoms with Gasteiger partial charge in [-0.25, -0.2) is 4.39 Å². The number of anilines is 1. The SMILES string of the molecule is O=C(Nc1ccccc1Cl)c1ccc(-c2ccccc2F)o1. The standard InChI is InChI=1S/C17H11ClFNO2/c18-12-6-2-4-8-14(12)20-17(21)16-10-9-15(22-16)11-5-1-3-7-13(11)19/h1-10H,(H,20,21). The van der Waals surface area contributed by atoms with Gasteiger partial charge in [0, 0.05) is 0 Å². The van der Waals surface area contributed by atoms with E-state index in [0.29, 0.717) is 22.0 Å². The average Bonchev–Trinajstić information content (AvgIpc) is 3.00. The van der Waals surface area contributed by atoms with Gasteiger partial charge >= 0.3 is 0 Å². The number of para-hydroxylation sites is 1. The van der Waals surface area contributed by atoms with Crippen molar-refractivity contribution in [2.24, 2.45) is 0 Å². The molecule has 1 heterocycles. The second-order valence-electron chi connectivity index (χ2n) is 4.58. The Balaban J connectivity index is 1.84. The van der Waals surface area contributed by atoms with E-state index in [1.165, 1.54) is 12.1 Å². The maximum absolute atomic E-state index is 13.7. The second-order valence-corrected chi connectivity index (χ2v) is 4.98.